The summed E-state index contributed by atoms with van der Waals surface area (Å²) in [4.78, 5) is 9.41. The fraction of sp³-hybridized carbons (Fsp3) is 0.318. The smallest absolute Gasteiger partial charge is 0.354 e. The Morgan fingerprint density at radius 3 is 2.25 bits per heavy atom. The van der Waals surface area contributed by atoms with Crippen molar-refractivity contribution in [3.63, 3.8) is 0 Å². The fourth-order valence-corrected chi connectivity index (χ4v) is 3.58. The second kappa shape index (κ2) is 7.80. The molecule has 0 spiro atoms. The van der Waals surface area contributed by atoms with Crippen molar-refractivity contribution in [2.24, 2.45) is 0 Å². The van der Waals surface area contributed by atoms with Gasteiger partial charge in [0.2, 0.25) is 0 Å². The molecule has 146 valence electrons. The molecule has 6 heteroatoms. The van der Waals surface area contributed by atoms with E-state index in [0.717, 1.165) is 61.4 Å². The van der Waals surface area contributed by atoms with Crippen LogP contribution < -0.4 is 4.90 Å². The summed E-state index contributed by atoms with van der Waals surface area (Å²) in [5.41, 5.74) is 1.35. The van der Waals surface area contributed by atoms with Crippen molar-refractivity contribution in [2.45, 2.75) is 12.6 Å². The number of aromatic nitrogens is 1. The summed E-state index contributed by atoms with van der Waals surface area (Å²) in [6.45, 7) is 4.51. The molecule has 0 unspecified atom stereocenters. The number of benzene rings is 2. The molecule has 0 radical (unpaired) electrons. The lowest BCUT2D eigenvalue weighted by Gasteiger charge is -2.35. The summed E-state index contributed by atoms with van der Waals surface area (Å²) in [6.07, 6.45) is -3.52. The Morgan fingerprint density at radius 2 is 1.54 bits per heavy atom. The summed E-state index contributed by atoms with van der Waals surface area (Å²) in [6, 6.07) is 17.8. The van der Waals surface area contributed by atoms with Gasteiger partial charge in [0, 0.05) is 38.1 Å². The van der Waals surface area contributed by atoms with E-state index in [-0.39, 0.29) is 0 Å². The summed E-state index contributed by atoms with van der Waals surface area (Å²) in [7, 11) is 0. The molecule has 0 amide bonds. The molecule has 1 aliphatic rings. The molecule has 4 rings (SSSR count). The lowest BCUT2D eigenvalue weighted by atomic mass is 10.1. The van der Waals surface area contributed by atoms with E-state index in [1.165, 1.54) is 12.1 Å². The highest BCUT2D eigenvalue weighted by Crippen LogP contribution is 2.29. The first kappa shape index (κ1) is 18.7. The molecule has 0 bridgehead atoms. The third kappa shape index (κ3) is 4.28. The van der Waals surface area contributed by atoms with Crippen molar-refractivity contribution in [2.75, 3.05) is 37.6 Å². The Balaban J connectivity index is 1.30. The van der Waals surface area contributed by atoms with Crippen molar-refractivity contribution < 1.29 is 13.2 Å². The minimum absolute atomic E-state index is 0.590. The molecular formula is C22H22F3N3. The molecule has 0 N–H and O–H groups in total. The van der Waals surface area contributed by atoms with Gasteiger partial charge in [0.1, 0.15) is 5.82 Å². The van der Waals surface area contributed by atoms with Crippen molar-refractivity contribution in [3.8, 4) is 0 Å². The maximum atomic E-state index is 12.6. The Kier molecular flexibility index (Phi) is 5.22. The van der Waals surface area contributed by atoms with E-state index < -0.39 is 11.7 Å². The van der Waals surface area contributed by atoms with Gasteiger partial charge < -0.3 is 4.90 Å². The molecule has 28 heavy (non-hydrogen) atoms. The zero-order valence-corrected chi connectivity index (χ0v) is 15.5. The van der Waals surface area contributed by atoms with Crippen molar-refractivity contribution in [3.05, 3.63) is 71.8 Å². The number of alkyl halides is 3. The topological polar surface area (TPSA) is 19.4 Å². The molecule has 1 saturated heterocycles. The van der Waals surface area contributed by atoms with E-state index in [9.17, 15) is 13.2 Å². The minimum atomic E-state index is -4.27. The second-order valence-electron chi connectivity index (χ2n) is 7.14. The van der Waals surface area contributed by atoms with Crippen LogP contribution >= 0.6 is 0 Å². The van der Waals surface area contributed by atoms with Crippen LogP contribution in [0.3, 0.4) is 0 Å². The Labute approximate surface area is 162 Å². The van der Waals surface area contributed by atoms with Gasteiger partial charge in [-0.1, -0.05) is 30.3 Å². The van der Waals surface area contributed by atoms with Gasteiger partial charge in [-0.2, -0.15) is 13.2 Å². The molecule has 0 atom stereocenters. The maximum absolute atomic E-state index is 12.6. The number of piperazine rings is 1. The molecule has 3 aromatic rings. The SMILES string of the molecule is FC(F)(F)c1ccc(CCN2CCN(c3ccc4ccccc4n3)CC2)cc1. The molecule has 3 nitrogen and oxygen atoms in total. The summed E-state index contributed by atoms with van der Waals surface area (Å²) >= 11 is 0. The molecule has 2 heterocycles. The predicted molar refractivity (Wildman–Crippen MR) is 106 cm³/mol. The zero-order valence-electron chi connectivity index (χ0n) is 15.5. The third-order valence-corrected chi connectivity index (χ3v) is 5.28. The Bertz CT molecular complexity index is 930. The standard InChI is InChI=1S/C22H22F3N3/c23-22(24,25)19-8-5-17(6-9-19)11-12-27-13-15-28(16-14-27)21-10-7-18-3-1-2-4-20(18)26-21/h1-10H,11-16H2. The van der Waals surface area contributed by atoms with Crippen molar-refractivity contribution >= 4 is 16.7 Å². The highest BCUT2D eigenvalue weighted by atomic mass is 19.4. The van der Waals surface area contributed by atoms with E-state index in [0.29, 0.717) is 0 Å². The zero-order chi connectivity index (χ0) is 19.6. The van der Waals surface area contributed by atoms with Crippen LogP contribution in [0.25, 0.3) is 10.9 Å². The van der Waals surface area contributed by atoms with Crippen LogP contribution in [0.1, 0.15) is 11.1 Å². The summed E-state index contributed by atoms with van der Waals surface area (Å²) < 4.78 is 37.9. The normalized spacial score (nSPS) is 15.9. The van der Waals surface area contributed by atoms with E-state index >= 15 is 0 Å². The predicted octanol–water partition coefficient (Wildman–Crippen LogP) is 4.62. The van der Waals surface area contributed by atoms with E-state index in [1.807, 2.05) is 18.2 Å². The van der Waals surface area contributed by atoms with Crippen LogP contribution in [0.4, 0.5) is 19.0 Å². The van der Waals surface area contributed by atoms with Gasteiger partial charge in [-0.3, -0.25) is 4.90 Å². The van der Waals surface area contributed by atoms with E-state index in [4.69, 9.17) is 4.98 Å². The van der Waals surface area contributed by atoms with E-state index in [2.05, 4.69) is 28.0 Å². The van der Waals surface area contributed by atoms with Crippen LogP contribution in [0, 0.1) is 0 Å². The van der Waals surface area contributed by atoms with Crippen molar-refractivity contribution in [1.82, 2.24) is 9.88 Å². The maximum Gasteiger partial charge on any atom is 0.416 e. The number of fused-ring (bicyclic) bond motifs is 1. The van der Waals surface area contributed by atoms with Gasteiger partial charge in [0.15, 0.2) is 0 Å². The number of anilines is 1. The molecule has 1 aliphatic heterocycles. The minimum Gasteiger partial charge on any atom is -0.354 e. The lowest BCUT2D eigenvalue weighted by molar-refractivity contribution is -0.137. The Hall–Kier alpha value is -2.60. The molecule has 0 aliphatic carbocycles. The highest BCUT2D eigenvalue weighted by Gasteiger charge is 2.29. The van der Waals surface area contributed by atoms with Gasteiger partial charge in [-0.25, -0.2) is 4.98 Å². The molecular weight excluding hydrogens is 363 g/mol. The average Bonchev–Trinajstić information content (AvgIpc) is 2.72. The van der Waals surface area contributed by atoms with Crippen LogP contribution in [-0.4, -0.2) is 42.6 Å². The first-order valence-electron chi connectivity index (χ1n) is 9.48. The van der Waals surface area contributed by atoms with Gasteiger partial charge in [0.25, 0.3) is 0 Å². The summed E-state index contributed by atoms with van der Waals surface area (Å²) in [5, 5.41) is 1.14. The number of rotatable bonds is 4. The highest BCUT2D eigenvalue weighted by molar-refractivity contribution is 5.80. The number of pyridine rings is 1. The molecule has 0 saturated carbocycles. The first-order valence-corrected chi connectivity index (χ1v) is 9.48. The molecule has 1 aromatic heterocycles. The number of hydrogen-bond donors (Lipinski definition) is 0. The average molecular weight is 385 g/mol. The van der Waals surface area contributed by atoms with Crippen LogP contribution in [0.5, 0.6) is 0 Å². The van der Waals surface area contributed by atoms with Gasteiger partial charge >= 0.3 is 6.18 Å². The van der Waals surface area contributed by atoms with Gasteiger partial charge in [0.05, 0.1) is 11.1 Å². The summed E-state index contributed by atoms with van der Waals surface area (Å²) in [5.74, 6) is 1.00. The second-order valence-corrected chi connectivity index (χ2v) is 7.14. The first-order chi connectivity index (χ1) is 13.5. The van der Waals surface area contributed by atoms with E-state index in [1.54, 1.807) is 12.1 Å². The van der Waals surface area contributed by atoms with Crippen LogP contribution in [0.15, 0.2) is 60.7 Å². The molecule has 2 aromatic carbocycles. The third-order valence-electron chi connectivity index (χ3n) is 5.28. The molecule has 1 fully saturated rings. The monoisotopic (exact) mass is 385 g/mol. The Morgan fingerprint density at radius 1 is 0.821 bits per heavy atom. The van der Waals surface area contributed by atoms with Gasteiger partial charge in [-0.15, -0.1) is 0 Å². The number of halogens is 3. The largest absolute Gasteiger partial charge is 0.416 e. The quantitative estimate of drug-likeness (QED) is 0.653. The van der Waals surface area contributed by atoms with Crippen LogP contribution in [0.2, 0.25) is 0 Å². The van der Waals surface area contributed by atoms with Crippen molar-refractivity contribution in [1.29, 1.82) is 0 Å². The fourth-order valence-electron chi connectivity index (χ4n) is 3.58. The number of hydrogen-bond acceptors (Lipinski definition) is 3. The number of nitrogens with zero attached hydrogens (tertiary/aromatic N) is 3. The van der Waals surface area contributed by atoms with Gasteiger partial charge in [-0.05, 0) is 42.3 Å². The lowest BCUT2D eigenvalue weighted by Crippen LogP contribution is -2.47. The van der Waals surface area contributed by atoms with Crippen LogP contribution in [-0.2, 0) is 12.6 Å². The number of para-hydroxylation sites is 1.